The van der Waals surface area contributed by atoms with Gasteiger partial charge < -0.3 is 4.74 Å². The molecule has 0 aliphatic heterocycles. The zero-order chi connectivity index (χ0) is 13.5. The van der Waals surface area contributed by atoms with Crippen LogP contribution in [0.4, 0.5) is 11.5 Å². The number of hydrogen-bond acceptors (Lipinski definition) is 7. The molecule has 1 rings (SSSR count). The van der Waals surface area contributed by atoms with Gasteiger partial charge in [-0.15, -0.1) is 0 Å². The number of methoxy groups -OCH3 is 1. The van der Waals surface area contributed by atoms with Crippen LogP contribution in [0, 0.1) is 10.1 Å². The third kappa shape index (κ3) is 3.81. The van der Waals surface area contributed by atoms with Crippen LogP contribution in [0.15, 0.2) is 23.4 Å². The van der Waals surface area contributed by atoms with Crippen LogP contribution in [0.25, 0.3) is 0 Å². The van der Waals surface area contributed by atoms with Crippen molar-refractivity contribution in [3.8, 4) is 0 Å². The van der Waals surface area contributed by atoms with Gasteiger partial charge in [0.25, 0.3) is 0 Å². The molecule has 0 fully saturated rings. The SMILES string of the molecule is COC(=O)CC(C)=NNc1ncccc1[N+](=O)[O-]. The fourth-order valence-corrected chi connectivity index (χ4v) is 1.10. The van der Waals surface area contributed by atoms with E-state index in [0.29, 0.717) is 5.71 Å². The lowest BCUT2D eigenvalue weighted by Crippen LogP contribution is -2.08. The van der Waals surface area contributed by atoms with Crippen LogP contribution in [-0.4, -0.2) is 28.7 Å². The van der Waals surface area contributed by atoms with Gasteiger partial charge in [-0.1, -0.05) is 0 Å². The van der Waals surface area contributed by atoms with E-state index in [2.05, 4.69) is 20.2 Å². The normalized spacial score (nSPS) is 10.9. The fraction of sp³-hybridized carbons (Fsp3) is 0.300. The molecule has 0 aromatic carbocycles. The third-order valence-electron chi connectivity index (χ3n) is 1.96. The zero-order valence-electron chi connectivity index (χ0n) is 9.91. The van der Waals surface area contributed by atoms with E-state index < -0.39 is 10.9 Å². The van der Waals surface area contributed by atoms with Crippen molar-refractivity contribution in [2.75, 3.05) is 12.5 Å². The Labute approximate surface area is 103 Å². The summed E-state index contributed by atoms with van der Waals surface area (Å²) in [6, 6.07) is 2.76. The number of nitro groups is 1. The van der Waals surface area contributed by atoms with E-state index in [1.165, 1.54) is 25.4 Å². The maximum absolute atomic E-state index is 11.0. The molecule has 0 amide bonds. The number of anilines is 1. The molecule has 1 aromatic rings. The van der Waals surface area contributed by atoms with Crippen LogP contribution >= 0.6 is 0 Å². The van der Waals surface area contributed by atoms with Crippen LogP contribution < -0.4 is 5.43 Å². The van der Waals surface area contributed by atoms with Gasteiger partial charge in [0.2, 0.25) is 5.82 Å². The number of pyridine rings is 1. The Morgan fingerprint density at radius 3 is 3.00 bits per heavy atom. The molecule has 0 saturated carbocycles. The number of nitrogens with one attached hydrogen (secondary N) is 1. The second-order valence-electron chi connectivity index (χ2n) is 3.34. The molecule has 8 heteroatoms. The predicted molar refractivity (Wildman–Crippen MR) is 64.3 cm³/mol. The maximum Gasteiger partial charge on any atom is 0.313 e. The molecule has 0 saturated heterocycles. The molecule has 1 N–H and O–H groups in total. The number of carbonyl (C=O) groups is 1. The molecule has 0 radical (unpaired) electrons. The summed E-state index contributed by atoms with van der Waals surface area (Å²) in [5.74, 6) is -0.416. The first-order valence-electron chi connectivity index (χ1n) is 5.00. The molecule has 1 aromatic heterocycles. The first-order valence-corrected chi connectivity index (χ1v) is 5.00. The average molecular weight is 252 g/mol. The molecule has 96 valence electrons. The van der Waals surface area contributed by atoms with Gasteiger partial charge in [0.15, 0.2) is 0 Å². The van der Waals surface area contributed by atoms with Gasteiger partial charge in [0.1, 0.15) is 0 Å². The Morgan fingerprint density at radius 2 is 2.39 bits per heavy atom. The van der Waals surface area contributed by atoms with E-state index in [4.69, 9.17) is 0 Å². The first kappa shape index (κ1) is 13.6. The highest BCUT2D eigenvalue weighted by Crippen LogP contribution is 2.20. The van der Waals surface area contributed by atoms with Crippen LogP contribution in [0.5, 0.6) is 0 Å². The summed E-state index contributed by atoms with van der Waals surface area (Å²) in [6.45, 7) is 1.60. The Morgan fingerprint density at radius 1 is 1.67 bits per heavy atom. The topological polar surface area (TPSA) is 107 Å². The lowest BCUT2D eigenvalue weighted by molar-refractivity contribution is -0.384. The minimum atomic E-state index is -0.569. The summed E-state index contributed by atoms with van der Waals surface area (Å²) in [6.07, 6.45) is 1.41. The molecule has 18 heavy (non-hydrogen) atoms. The Kier molecular flexibility index (Phi) is 4.73. The summed E-state index contributed by atoms with van der Waals surface area (Å²) < 4.78 is 4.46. The van der Waals surface area contributed by atoms with Crippen LogP contribution in [0.3, 0.4) is 0 Å². The summed E-state index contributed by atoms with van der Waals surface area (Å²) in [7, 11) is 1.27. The number of nitrogens with zero attached hydrogens (tertiary/aromatic N) is 3. The molecule has 8 nitrogen and oxygen atoms in total. The predicted octanol–water partition coefficient (Wildman–Crippen LogP) is 1.34. The van der Waals surface area contributed by atoms with Crippen molar-refractivity contribution in [1.82, 2.24) is 4.98 Å². The van der Waals surface area contributed by atoms with Gasteiger partial charge in [-0.05, 0) is 13.0 Å². The van der Waals surface area contributed by atoms with Crippen molar-refractivity contribution in [3.63, 3.8) is 0 Å². The van der Waals surface area contributed by atoms with Crippen molar-refractivity contribution in [2.45, 2.75) is 13.3 Å². The number of esters is 1. The van der Waals surface area contributed by atoms with E-state index in [-0.39, 0.29) is 17.9 Å². The van der Waals surface area contributed by atoms with Crippen LogP contribution in [0.2, 0.25) is 0 Å². The summed E-state index contributed by atoms with van der Waals surface area (Å²) >= 11 is 0. The number of hydrogen-bond donors (Lipinski definition) is 1. The maximum atomic E-state index is 11.0. The first-order chi connectivity index (χ1) is 8.54. The van der Waals surface area contributed by atoms with E-state index in [9.17, 15) is 14.9 Å². The molecule has 0 aliphatic rings. The molecule has 0 spiro atoms. The monoisotopic (exact) mass is 252 g/mol. The van der Waals surface area contributed by atoms with Crippen LogP contribution in [-0.2, 0) is 9.53 Å². The number of ether oxygens (including phenoxy) is 1. The minimum absolute atomic E-state index is 0.00410. The molecule has 0 aliphatic carbocycles. The molecule has 0 bridgehead atoms. The van der Waals surface area contributed by atoms with Gasteiger partial charge in [0, 0.05) is 18.0 Å². The second-order valence-corrected chi connectivity index (χ2v) is 3.34. The molecule has 0 unspecified atom stereocenters. The smallest absolute Gasteiger partial charge is 0.313 e. The highest BCUT2D eigenvalue weighted by atomic mass is 16.6. The lowest BCUT2D eigenvalue weighted by Gasteiger charge is -2.02. The van der Waals surface area contributed by atoms with Crippen molar-refractivity contribution in [2.24, 2.45) is 5.10 Å². The lowest BCUT2D eigenvalue weighted by atomic mass is 10.3. The van der Waals surface area contributed by atoms with E-state index in [0.717, 1.165) is 0 Å². The van der Waals surface area contributed by atoms with E-state index in [1.54, 1.807) is 6.92 Å². The van der Waals surface area contributed by atoms with Gasteiger partial charge in [-0.2, -0.15) is 5.10 Å². The summed E-state index contributed by atoms with van der Waals surface area (Å²) in [5.41, 5.74) is 2.70. The minimum Gasteiger partial charge on any atom is -0.469 e. The van der Waals surface area contributed by atoms with E-state index in [1.807, 2.05) is 0 Å². The molecule has 0 atom stereocenters. The quantitative estimate of drug-likeness (QED) is 0.367. The van der Waals surface area contributed by atoms with Gasteiger partial charge >= 0.3 is 11.7 Å². The molecular weight excluding hydrogens is 240 g/mol. The average Bonchev–Trinajstić information content (AvgIpc) is 2.36. The van der Waals surface area contributed by atoms with Gasteiger partial charge in [0.05, 0.1) is 18.5 Å². The standard InChI is InChI=1S/C10H12N4O4/c1-7(6-9(15)18-2)12-13-10-8(14(16)17)4-3-5-11-10/h3-5H,6H2,1-2H3,(H,11,13). The number of carbonyl (C=O) groups excluding carboxylic acids is 1. The van der Waals surface area contributed by atoms with Gasteiger partial charge in [-0.3, -0.25) is 20.3 Å². The highest BCUT2D eigenvalue weighted by molar-refractivity contribution is 5.97. The third-order valence-corrected chi connectivity index (χ3v) is 1.96. The highest BCUT2D eigenvalue weighted by Gasteiger charge is 2.13. The fourth-order valence-electron chi connectivity index (χ4n) is 1.10. The van der Waals surface area contributed by atoms with Crippen molar-refractivity contribution in [1.29, 1.82) is 0 Å². The second kappa shape index (κ2) is 6.28. The molecule has 1 heterocycles. The zero-order valence-corrected chi connectivity index (χ0v) is 9.91. The number of hydrazone groups is 1. The van der Waals surface area contributed by atoms with Crippen molar-refractivity contribution in [3.05, 3.63) is 28.4 Å². The largest absolute Gasteiger partial charge is 0.469 e. The van der Waals surface area contributed by atoms with Crippen LogP contribution in [0.1, 0.15) is 13.3 Å². The van der Waals surface area contributed by atoms with Gasteiger partial charge in [-0.25, -0.2) is 4.98 Å². The Bertz CT molecular complexity index is 487. The van der Waals surface area contributed by atoms with E-state index >= 15 is 0 Å². The summed E-state index contributed by atoms with van der Waals surface area (Å²) in [4.78, 5) is 24.9. The number of aromatic nitrogens is 1. The summed E-state index contributed by atoms with van der Waals surface area (Å²) in [5, 5.41) is 14.5. The Hall–Kier alpha value is -2.51. The molecular formula is C10H12N4O4. The van der Waals surface area contributed by atoms with Crippen molar-refractivity contribution < 1.29 is 14.5 Å². The number of rotatable bonds is 5. The Balaban J connectivity index is 2.76. The van der Waals surface area contributed by atoms with Crippen molar-refractivity contribution >= 4 is 23.2 Å².